The minimum atomic E-state index is -0.755. The van der Waals surface area contributed by atoms with Gasteiger partial charge in [0.05, 0.1) is 9.90 Å². The summed E-state index contributed by atoms with van der Waals surface area (Å²) in [6.45, 7) is 0.491. The van der Waals surface area contributed by atoms with Gasteiger partial charge in [0.2, 0.25) is 0 Å². The summed E-state index contributed by atoms with van der Waals surface area (Å²) in [5.41, 5.74) is 1.39. The second-order valence-corrected chi connectivity index (χ2v) is 6.80. The number of carbonyl (C=O) groups excluding carboxylic acids is 2. The summed E-state index contributed by atoms with van der Waals surface area (Å²) >= 11 is 7.36. The van der Waals surface area contributed by atoms with Crippen LogP contribution < -0.4 is 5.32 Å². The number of cyclic esters (lactones) is 1. The van der Waals surface area contributed by atoms with E-state index in [0.29, 0.717) is 24.9 Å². The Morgan fingerprint density at radius 2 is 2.14 bits per heavy atom. The van der Waals surface area contributed by atoms with E-state index in [9.17, 15) is 9.59 Å². The van der Waals surface area contributed by atoms with Crippen LogP contribution in [0.3, 0.4) is 0 Å². The summed E-state index contributed by atoms with van der Waals surface area (Å²) in [6, 6.07) is 11.0. The van der Waals surface area contributed by atoms with Gasteiger partial charge < -0.3 is 10.1 Å². The standard InChI is InChI=1S/C16H14ClNO3S/c17-14-6-5-11(22-14)7-8-18-15(19)13-9-10-3-1-2-4-12(10)16(20)21-13/h1-6,13H,7-9H2,(H,18,19)/t13-/m0/s1. The maximum absolute atomic E-state index is 12.1. The van der Waals surface area contributed by atoms with Crippen LogP contribution in [0.4, 0.5) is 0 Å². The normalized spacial score (nSPS) is 16.8. The molecular formula is C16H14ClNO3S. The lowest BCUT2D eigenvalue weighted by Gasteiger charge is -2.23. The average molecular weight is 336 g/mol. The number of benzene rings is 1. The van der Waals surface area contributed by atoms with Crippen molar-refractivity contribution >= 4 is 34.8 Å². The van der Waals surface area contributed by atoms with Crippen LogP contribution in [0.2, 0.25) is 4.34 Å². The number of hydrogen-bond donors (Lipinski definition) is 1. The van der Waals surface area contributed by atoms with Gasteiger partial charge in [0, 0.05) is 17.8 Å². The number of amides is 1. The van der Waals surface area contributed by atoms with E-state index in [1.54, 1.807) is 12.1 Å². The fourth-order valence-electron chi connectivity index (χ4n) is 2.39. The zero-order chi connectivity index (χ0) is 15.5. The highest BCUT2D eigenvalue weighted by Crippen LogP contribution is 2.22. The van der Waals surface area contributed by atoms with Crippen LogP contribution in [0, 0.1) is 0 Å². The molecule has 0 saturated carbocycles. The molecule has 2 heterocycles. The first kappa shape index (κ1) is 15.1. The molecule has 0 radical (unpaired) electrons. The fraction of sp³-hybridized carbons (Fsp3) is 0.250. The Morgan fingerprint density at radius 1 is 1.32 bits per heavy atom. The van der Waals surface area contributed by atoms with Crippen molar-refractivity contribution in [1.29, 1.82) is 0 Å². The molecule has 6 heteroatoms. The molecular weight excluding hydrogens is 322 g/mol. The van der Waals surface area contributed by atoms with Gasteiger partial charge in [0.15, 0.2) is 6.10 Å². The van der Waals surface area contributed by atoms with Crippen LogP contribution in [0.5, 0.6) is 0 Å². The maximum Gasteiger partial charge on any atom is 0.339 e. The van der Waals surface area contributed by atoms with Gasteiger partial charge in [-0.2, -0.15) is 0 Å². The van der Waals surface area contributed by atoms with Crippen LogP contribution in [-0.4, -0.2) is 24.5 Å². The van der Waals surface area contributed by atoms with Crippen molar-refractivity contribution in [3.63, 3.8) is 0 Å². The van der Waals surface area contributed by atoms with E-state index in [1.807, 2.05) is 24.3 Å². The predicted molar refractivity (Wildman–Crippen MR) is 85.4 cm³/mol. The molecule has 2 aromatic rings. The van der Waals surface area contributed by atoms with Crippen molar-refractivity contribution in [2.45, 2.75) is 18.9 Å². The number of fused-ring (bicyclic) bond motifs is 1. The molecule has 0 fully saturated rings. The van der Waals surface area contributed by atoms with Gasteiger partial charge in [0.1, 0.15) is 0 Å². The Morgan fingerprint density at radius 3 is 2.91 bits per heavy atom. The van der Waals surface area contributed by atoms with Gasteiger partial charge in [-0.05, 0) is 30.2 Å². The number of hydrogen-bond acceptors (Lipinski definition) is 4. The van der Waals surface area contributed by atoms with Crippen LogP contribution in [-0.2, 0) is 22.4 Å². The van der Waals surface area contributed by atoms with Gasteiger partial charge in [0.25, 0.3) is 5.91 Å². The number of halogens is 1. The highest BCUT2D eigenvalue weighted by Gasteiger charge is 2.30. The number of carbonyl (C=O) groups is 2. The van der Waals surface area contributed by atoms with Crippen molar-refractivity contribution in [1.82, 2.24) is 5.32 Å². The van der Waals surface area contributed by atoms with E-state index in [-0.39, 0.29) is 5.91 Å². The Hall–Kier alpha value is -1.85. The average Bonchev–Trinajstić information content (AvgIpc) is 2.92. The van der Waals surface area contributed by atoms with E-state index >= 15 is 0 Å². The van der Waals surface area contributed by atoms with E-state index in [4.69, 9.17) is 16.3 Å². The van der Waals surface area contributed by atoms with Gasteiger partial charge in [-0.15, -0.1) is 11.3 Å². The molecule has 22 heavy (non-hydrogen) atoms. The molecule has 0 aliphatic carbocycles. The Labute approximate surface area is 137 Å². The molecule has 1 N–H and O–H groups in total. The first-order chi connectivity index (χ1) is 10.6. The van der Waals surface area contributed by atoms with Gasteiger partial charge in [-0.25, -0.2) is 4.79 Å². The minimum Gasteiger partial charge on any atom is -0.448 e. The maximum atomic E-state index is 12.1. The van der Waals surface area contributed by atoms with E-state index in [2.05, 4.69) is 5.32 Å². The third kappa shape index (κ3) is 3.31. The molecule has 1 atom stereocenters. The molecule has 1 aromatic heterocycles. The Kier molecular flexibility index (Phi) is 4.45. The van der Waals surface area contributed by atoms with Gasteiger partial charge in [-0.1, -0.05) is 29.8 Å². The lowest BCUT2D eigenvalue weighted by Crippen LogP contribution is -2.42. The predicted octanol–water partition coefficient (Wildman–Crippen LogP) is 2.84. The number of thiophene rings is 1. The first-order valence-corrected chi connectivity index (χ1v) is 8.14. The Balaban J connectivity index is 1.56. The molecule has 3 rings (SSSR count). The van der Waals surface area contributed by atoms with E-state index in [1.165, 1.54) is 11.3 Å². The van der Waals surface area contributed by atoms with Crippen molar-refractivity contribution in [3.8, 4) is 0 Å². The largest absolute Gasteiger partial charge is 0.448 e. The molecule has 114 valence electrons. The molecule has 4 nitrogen and oxygen atoms in total. The van der Waals surface area contributed by atoms with Crippen LogP contribution >= 0.6 is 22.9 Å². The van der Waals surface area contributed by atoms with Crippen LogP contribution in [0.1, 0.15) is 20.8 Å². The lowest BCUT2D eigenvalue weighted by molar-refractivity contribution is -0.130. The highest BCUT2D eigenvalue weighted by atomic mass is 35.5. The van der Waals surface area contributed by atoms with Gasteiger partial charge >= 0.3 is 5.97 Å². The molecule has 1 aromatic carbocycles. The molecule has 0 saturated heterocycles. The summed E-state index contributed by atoms with van der Waals surface area (Å²) in [7, 11) is 0. The summed E-state index contributed by atoms with van der Waals surface area (Å²) in [5.74, 6) is -0.697. The number of esters is 1. The summed E-state index contributed by atoms with van der Waals surface area (Å²) in [4.78, 5) is 25.1. The smallest absolute Gasteiger partial charge is 0.339 e. The highest BCUT2D eigenvalue weighted by molar-refractivity contribution is 7.16. The molecule has 1 amide bonds. The molecule has 0 unspecified atom stereocenters. The Bertz CT molecular complexity index is 713. The summed E-state index contributed by atoms with van der Waals surface area (Å²) < 4.78 is 5.95. The SMILES string of the molecule is O=C1O[C@H](C(=O)NCCc2ccc(Cl)s2)Cc2ccccc21. The summed E-state index contributed by atoms with van der Waals surface area (Å²) in [6.07, 6.45) is 0.369. The topological polar surface area (TPSA) is 55.4 Å². The lowest BCUT2D eigenvalue weighted by atomic mass is 9.98. The second kappa shape index (κ2) is 6.50. The molecule has 0 spiro atoms. The quantitative estimate of drug-likeness (QED) is 0.874. The van der Waals surface area contributed by atoms with Crippen molar-refractivity contribution in [2.24, 2.45) is 0 Å². The van der Waals surface area contributed by atoms with E-state index < -0.39 is 12.1 Å². The molecule has 1 aliphatic rings. The zero-order valence-electron chi connectivity index (χ0n) is 11.7. The number of ether oxygens (including phenoxy) is 1. The van der Waals surface area contributed by atoms with Crippen molar-refractivity contribution in [2.75, 3.05) is 6.54 Å². The number of rotatable bonds is 4. The molecule has 0 bridgehead atoms. The van der Waals surface area contributed by atoms with Crippen LogP contribution in [0.25, 0.3) is 0 Å². The monoisotopic (exact) mass is 335 g/mol. The van der Waals surface area contributed by atoms with Crippen molar-refractivity contribution in [3.05, 3.63) is 56.7 Å². The van der Waals surface area contributed by atoms with Crippen LogP contribution in [0.15, 0.2) is 36.4 Å². The van der Waals surface area contributed by atoms with E-state index in [0.717, 1.165) is 14.8 Å². The summed E-state index contributed by atoms with van der Waals surface area (Å²) in [5, 5.41) is 2.81. The second-order valence-electron chi connectivity index (χ2n) is 5.00. The molecule has 1 aliphatic heterocycles. The first-order valence-electron chi connectivity index (χ1n) is 6.94. The third-order valence-electron chi connectivity index (χ3n) is 3.48. The van der Waals surface area contributed by atoms with Crippen molar-refractivity contribution < 1.29 is 14.3 Å². The zero-order valence-corrected chi connectivity index (χ0v) is 13.2. The fourth-order valence-corrected chi connectivity index (χ4v) is 3.47. The van der Waals surface area contributed by atoms with Gasteiger partial charge in [-0.3, -0.25) is 4.79 Å². The minimum absolute atomic E-state index is 0.259. The number of nitrogens with one attached hydrogen (secondary N) is 1. The third-order valence-corrected chi connectivity index (χ3v) is 4.77.